The summed E-state index contributed by atoms with van der Waals surface area (Å²) >= 11 is 0. The van der Waals surface area contributed by atoms with Gasteiger partial charge >= 0.3 is 0 Å². The highest BCUT2D eigenvalue weighted by Gasteiger charge is 2.14. The van der Waals surface area contributed by atoms with Crippen LogP contribution in [0.5, 0.6) is 0 Å². The van der Waals surface area contributed by atoms with Crippen molar-refractivity contribution in [3.05, 3.63) is 11.4 Å². The van der Waals surface area contributed by atoms with Crippen molar-refractivity contribution in [3.63, 3.8) is 0 Å². The van der Waals surface area contributed by atoms with Crippen LogP contribution >= 0.6 is 0 Å². The maximum Gasteiger partial charge on any atom is 0.134 e. The summed E-state index contributed by atoms with van der Waals surface area (Å²) in [5.41, 5.74) is 1.12. The number of aromatic nitrogens is 2. The van der Waals surface area contributed by atoms with E-state index in [1.165, 1.54) is 38.5 Å². The summed E-state index contributed by atoms with van der Waals surface area (Å²) in [5.74, 6) is 3.81. The number of hydrogen-bond donors (Lipinski definition) is 2. The van der Waals surface area contributed by atoms with Gasteiger partial charge in [-0.2, -0.15) is 0 Å². The number of nitrogens with one attached hydrogen (secondary N) is 2. The molecule has 2 N–H and O–H groups in total. The molecule has 1 aliphatic carbocycles. The summed E-state index contributed by atoms with van der Waals surface area (Å²) in [5, 5.41) is 6.65. The standard InChI is InChI=1S/C16H28N4/c1-4-14-19-15(17-3)12(2)16(20-14)18-11-7-10-13-8-5-6-9-13/h13H,4-11H2,1-3H3,(H2,17,18,19,20). The van der Waals surface area contributed by atoms with Gasteiger partial charge in [0.25, 0.3) is 0 Å². The molecule has 0 spiro atoms. The third-order valence-corrected chi connectivity index (χ3v) is 4.30. The average molecular weight is 276 g/mol. The van der Waals surface area contributed by atoms with E-state index in [9.17, 15) is 0 Å². The van der Waals surface area contributed by atoms with Crippen LogP contribution in [0, 0.1) is 12.8 Å². The third-order valence-electron chi connectivity index (χ3n) is 4.30. The summed E-state index contributed by atoms with van der Waals surface area (Å²) in [6.07, 6.45) is 9.22. The van der Waals surface area contributed by atoms with Crippen LogP contribution in [0.15, 0.2) is 0 Å². The molecule has 0 aromatic carbocycles. The van der Waals surface area contributed by atoms with Crippen molar-refractivity contribution in [1.82, 2.24) is 9.97 Å². The van der Waals surface area contributed by atoms with Crippen molar-refractivity contribution in [1.29, 1.82) is 0 Å². The average Bonchev–Trinajstić information content (AvgIpc) is 2.98. The SMILES string of the molecule is CCc1nc(NC)c(C)c(NCCCC2CCCC2)n1. The molecule has 0 bridgehead atoms. The van der Waals surface area contributed by atoms with Crippen molar-refractivity contribution in [2.75, 3.05) is 24.2 Å². The first kappa shape index (κ1) is 15.1. The van der Waals surface area contributed by atoms with Gasteiger partial charge < -0.3 is 10.6 Å². The second kappa shape index (κ2) is 7.46. The highest BCUT2D eigenvalue weighted by atomic mass is 15.1. The minimum Gasteiger partial charge on any atom is -0.373 e. The van der Waals surface area contributed by atoms with Gasteiger partial charge in [-0.1, -0.05) is 32.6 Å². The Morgan fingerprint density at radius 3 is 2.50 bits per heavy atom. The molecule has 1 saturated carbocycles. The normalized spacial score (nSPS) is 15.6. The molecule has 0 amide bonds. The van der Waals surface area contributed by atoms with E-state index in [1.807, 2.05) is 7.05 Å². The zero-order valence-electron chi connectivity index (χ0n) is 13.1. The molecule has 1 aliphatic rings. The summed E-state index contributed by atoms with van der Waals surface area (Å²) < 4.78 is 0. The van der Waals surface area contributed by atoms with Gasteiger partial charge in [-0.15, -0.1) is 0 Å². The number of nitrogens with zero attached hydrogens (tertiary/aromatic N) is 2. The molecule has 0 aliphatic heterocycles. The second-order valence-corrected chi connectivity index (χ2v) is 5.79. The smallest absolute Gasteiger partial charge is 0.134 e. The summed E-state index contributed by atoms with van der Waals surface area (Å²) in [7, 11) is 1.92. The van der Waals surface area contributed by atoms with Gasteiger partial charge in [0.2, 0.25) is 0 Å². The lowest BCUT2D eigenvalue weighted by atomic mass is 10.0. The van der Waals surface area contributed by atoms with Crippen LogP contribution in [0.4, 0.5) is 11.6 Å². The number of aryl methyl sites for hydroxylation is 1. The molecule has 0 atom stereocenters. The quantitative estimate of drug-likeness (QED) is 0.744. The summed E-state index contributed by atoms with van der Waals surface area (Å²) in [6, 6.07) is 0. The molecular weight excluding hydrogens is 248 g/mol. The lowest BCUT2D eigenvalue weighted by Crippen LogP contribution is -2.11. The van der Waals surface area contributed by atoms with Gasteiger partial charge in [0.05, 0.1) is 0 Å². The Kier molecular flexibility index (Phi) is 5.62. The molecule has 112 valence electrons. The first-order valence-electron chi connectivity index (χ1n) is 8.03. The molecule has 0 unspecified atom stereocenters. The fraction of sp³-hybridized carbons (Fsp3) is 0.750. The molecule has 1 aromatic heterocycles. The lowest BCUT2D eigenvalue weighted by molar-refractivity contribution is 0.491. The highest BCUT2D eigenvalue weighted by molar-refractivity contribution is 5.56. The maximum atomic E-state index is 4.61. The van der Waals surface area contributed by atoms with E-state index < -0.39 is 0 Å². The van der Waals surface area contributed by atoms with Crippen LogP contribution in [0.2, 0.25) is 0 Å². The van der Waals surface area contributed by atoms with Gasteiger partial charge in [0, 0.05) is 25.6 Å². The molecule has 1 aromatic rings. The lowest BCUT2D eigenvalue weighted by Gasteiger charge is -2.14. The van der Waals surface area contributed by atoms with E-state index in [2.05, 4.69) is 34.4 Å². The van der Waals surface area contributed by atoms with Gasteiger partial charge in [0.1, 0.15) is 17.5 Å². The molecule has 0 saturated heterocycles. The van der Waals surface area contributed by atoms with Crippen LogP contribution in [0.25, 0.3) is 0 Å². The van der Waals surface area contributed by atoms with E-state index in [0.717, 1.165) is 41.9 Å². The van der Waals surface area contributed by atoms with Crippen molar-refractivity contribution >= 4 is 11.6 Å². The van der Waals surface area contributed by atoms with Gasteiger partial charge in [-0.3, -0.25) is 0 Å². The fourth-order valence-electron chi connectivity index (χ4n) is 3.03. The van der Waals surface area contributed by atoms with Crippen molar-refractivity contribution in [2.45, 2.75) is 58.8 Å². The molecule has 1 fully saturated rings. The zero-order chi connectivity index (χ0) is 14.4. The van der Waals surface area contributed by atoms with Crippen LogP contribution in [0.1, 0.15) is 56.8 Å². The van der Waals surface area contributed by atoms with E-state index in [-0.39, 0.29) is 0 Å². The highest BCUT2D eigenvalue weighted by Crippen LogP contribution is 2.28. The molecule has 20 heavy (non-hydrogen) atoms. The first-order valence-corrected chi connectivity index (χ1v) is 8.03. The number of hydrogen-bond acceptors (Lipinski definition) is 4. The Morgan fingerprint density at radius 2 is 1.85 bits per heavy atom. The second-order valence-electron chi connectivity index (χ2n) is 5.79. The molecular formula is C16H28N4. The topological polar surface area (TPSA) is 49.8 Å². The van der Waals surface area contributed by atoms with E-state index >= 15 is 0 Å². The first-order chi connectivity index (χ1) is 9.74. The predicted molar refractivity (Wildman–Crippen MR) is 85.4 cm³/mol. The molecule has 4 nitrogen and oxygen atoms in total. The Hall–Kier alpha value is -1.32. The van der Waals surface area contributed by atoms with Gasteiger partial charge in [0.15, 0.2) is 0 Å². The number of rotatable bonds is 7. The maximum absolute atomic E-state index is 4.61. The minimum absolute atomic E-state index is 0.867. The Morgan fingerprint density at radius 1 is 1.15 bits per heavy atom. The third kappa shape index (κ3) is 3.84. The van der Waals surface area contributed by atoms with Crippen LogP contribution in [-0.4, -0.2) is 23.6 Å². The van der Waals surface area contributed by atoms with Crippen molar-refractivity contribution < 1.29 is 0 Å². The van der Waals surface area contributed by atoms with Gasteiger partial charge in [-0.05, 0) is 25.7 Å². The van der Waals surface area contributed by atoms with Crippen LogP contribution < -0.4 is 10.6 Å². The monoisotopic (exact) mass is 276 g/mol. The summed E-state index contributed by atoms with van der Waals surface area (Å²) in [4.78, 5) is 9.11. The summed E-state index contributed by atoms with van der Waals surface area (Å²) in [6.45, 7) is 5.18. The van der Waals surface area contributed by atoms with E-state index in [4.69, 9.17) is 0 Å². The molecule has 2 rings (SSSR count). The number of anilines is 2. The molecule has 0 radical (unpaired) electrons. The fourth-order valence-corrected chi connectivity index (χ4v) is 3.03. The van der Waals surface area contributed by atoms with Crippen LogP contribution in [-0.2, 0) is 6.42 Å². The van der Waals surface area contributed by atoms with E-state index in [0.29, 0.717) is 0 Å². The zero-order valence-corrected chi connectivity index (χ0v) is 13.1. The Balaban J connectivity index is 1.87. The van der Waals surface area contributed by atoms with Gasteiger partial charge in [-0.25, -0.2) is 9.97 Å². The Bertz CT molecular complexity index is 425. The minimum atomic E-state index is 0.867. The van der Waals surface area contributed by atoms with Crippen molar-refractivity contribution in [2.24, 2.45) is 5.92 Å². The predicted octanol–water partition coefficient (Wildman–Crippen LogP) is 3.77. The largest absolute Gasteiger partial charge is 0.373 e. The Labute approximate surface area is 122 Å². The van der Waals surface area contributed by atoms with E-state index in [1.54, 1.807) is 0 Å². The van der Waals surface area contributed by atoms with Crippen molar-refractivity contribution in [3.8, 4) is 0 Å². The molecule has 1 heterocycles. The van der Waals surface area contributed by atoms with Crippen LogP contribution in [0.3, 0.4) is 0 Å². The molecule has 4 heteroatoms.